The zero-order chi connectivity index (χ0) is 13.9. The molecule has 2 aliphatic rings. The molecule has 0 radical (unpaired) electrons. The van der Waals surface area contributed by atoms with Crippen molar-refractivity contribution in [3.05, 3.63) is 23.8 Å². The number of benzene rings is 1. The zero-order valence-corrected chi connectivity index (χ0v) is 13.2. The van der Waals surface area contributed by atoms with Crippen molar-refractivity contribution >= 4 is 18.2 Å². The Kier molecular flexibility index (Phi) is 5.48. The van der Waals surface area contributed by atoms with Gasteiger partial charge in [-0.05, 0) is 50.6 Å². The fraction of sp³-hybridized carbons (Fsp3) is 0.562. The van der Waals surface area contributed by atoms with Gasteiger partial charge in [-0.15, -0.1) is 12.4 Å². The molecule has 1 fully saturated rings. The van der Waals surface area contributed by atoms with Gasteiger partial charge in [0.25, 0.3) is 0 Å². The molecule has 0 amide bonds. The summed E-state index contributed by atoms with van der Waals surface area (Å²) in [6.45, 7) is 4.47. The molecule has 0 aromatic heterocycles. The van der Waals surface area contributed by atoms with Gasteiger partial charge in [-0.1, -0.05) is 13.3 Å². The van der Waals surface area contributed by atoms with E-state index in [-0.39, 0.29) is 31.0 Å². The molecule has 0 N–H and O–H groups in total. The van der Waals surface area contributed by atoms with Crippen LogP contribution in [0.1, 0.15) is 43.0 Å². The van der Waals surface area contributed by atoms with Gasteiger partial charge in [-0.2, -0.15) is 0 Å². The molecule has 0 saturated carbocycles. The number of Topliss-reactive ketones (excluding diaryl/α,β-unsaturated/α-hetero) is 1. The van der Waals surface area contributed by atoms with Crippen LogP contribution in [0.25, 0.3) is 0 Å². The number of hydrogen-bond acceptors (Lipinski definition) is 4. The molecule has 5 heteroatoms. The summed E-state index contributed by atoms with van der Waals surface area (Å²) >= 11 is 0. The van der Waals surface area contributed by atoms with E-state index in [1.54, 1.807) is 0 Å². The Labute approximate surface area is 131 Å². The predicted octanol–water partition coefficient (Wildman–Crippen LogP) is 3.28. The molecule has 3 rings (SSSR count). The monoisotopic (exact) mass is 311 g/mol. The first-order valence-electron chi connectivity index (χ1n) is 7.47. The average Bonchev–Trinajstić information content (AvgIpc) is 3.13. The fourth-order valence-corrected chi connectivity index (χ4v) is 3.05. The van der Waals surface area contributed by atoms with E-state index in [0.717, 1.165) is 37.2 Å². The Morgan fingerprint density at radius 2 is 1.95 bits per heavy atom. The Morgan fingerprint density at radius 1 is 1.24 bits per heavy atom. The summed E-state index contributed by atoms with van der Waals surface area (Å²) in [7, 11) is 0. The Balaban J connectivity index is 0.00000161. The number of carbonyl (C=O) groups excluding carboxylic acids is 1. The number of nitrogens with zero attached hydrogens (tertiary/aromatic N) is 1. The molecule has 1 saturated heterocycles. The van der Waals surface area contributed by atoms with Gasteiger partial charge in [0.1, 0.15) is 0 Å². The lowest BCUT2D eigenvalue weighted by atomic mass is 9.99. The van der Waals surface area contributed by atoms with E-state index in [1.165, 1.54) is 12.8 Å². The number of fused-ring (bicyclic) bond motifs is 1. The molecule has 1 atom stereocenters. The van der Waals surface area contributed by atoms with Crippen molar-refractivity contribution in [3.8, 4) is 11.5 Å². The first-order valence-corrected chi connectivity index (χ1v) is 7.47. The second kappa shape index (κ2) is 7.14. The summed E-state index contributed by atoms with van der Waals surface area (Å²) < 4.78 is 10.7. The van der Waals surface area contributed by atoms with Gasteiger partial charge in [0, 0.05) is 5.56 Å². The first-order chi connectivity index (χ1) is 9.79. The van der Waals surface area contributed by atoms with Gasteiger partial charge >= 0.3 is 0 Å². The zero-order valence-electron chi connectivity index (χ0n) is 12.3. The second-order valence-electron chi connectivity index (χ2n) is 5.48. The summed E-state index contributed by atoms with van der Waals surface area (Å²) in [6, 6.07) is 5.53. The molecule has 2 heterocycles. The smallest absolute Gasteiger partial charge is 0.231 e. The molecule has 4 nitrogen and oxygen atoms in total. The maximum atomic E-state index is 12.8. The quantitative estimate of drug-likeness (QED) is 0.782. The van der Waals surface area contributed by atoms with Crippen LogP contribution in [0.4, 0.5) is 0 Å². The highest BCUT2D eigenvalue weighted by molar-refractivity contribution is 6.00. The van der Waals surface area contributed by atoms with Crippen molar-refractivity contribution in [1.29, 1.82) is 0 Å². The second-order valence-corrected chi connectivity index (χ2v) is 5.48. The van der Waals surface area contributed by atoms with Crippen molar-refractivity contribution < 1.29 is 14.3 Å². The lowest BCUT2D eigenvalue weighted by Crippen LogP contribution is -2.39. The van der Waals surface area contributed by atoms with Crippen LogP contribution in [-0.2, 0) is 0 Å². The van der Waals surface area contributed by atoms with E-state index in [0.29, 0.717) is 5.75 Å². The maximum Gasteiger partial charge on any atom is 0.231 e. The standard InChI is InChI=1S/C16H21NO3.ClH/c1-2-5-13(17-8-3-4-9-17)16(18)12-6-7-14-15(10-12)20-11-19-14;/h6-7,10,13H,2-5,8-9,11H2,1H3;1H/t13-;/m1./s1. The van der Waals surface area contributed by atoms with Crippen molar-refractivity contribution in [1.82, 2.24) is 4.90 Å². The van der Waals surface area contributed by atoms with Gasteiger partial charge < -0.3 is 9.47 Å². The number of halogens is 1. The third-order valence-corrected chi connectivity index (χ3v) is 4.10. The van der Waals surface area contributed by atoms with Crippen LogP contribution in [0.2, 0.25) is 0 Å². The number of ether oxygens (including phenoxy) is 2. The van der Waals surface area contributed by atoms with Crippen LogP contribution < -0.4 is 9.47 Å². The van der Waals surface area contributed by atoms with Crippen LogP contribution in [0.5, 0.6) is 11.5 Å². The first kappa shape index (κ1) is 16.1. The molecular formula is C16H22ClNO3. The lowest BCUT2D eigenvalue weighted by molar-refractivity contribution is 0.0836. The van der Waals surface area contributed by atoms with Crippen molar-refractivity contribution in [2.45, 2.75) is 38.6 Å². The molecule has 116 valence electrons. The minimum absolute atomic E-state index is 0. The molecule has 2 aliphatic heterocycles. The van der Waals surface area contributed by atoms with Gasteiger partial charge in [0.15, 0.2) is 17.3 Å². The largest absolute Gasteiger partial charge is 0.454 e. The third-order valence-electron chi connectivity index (χ3n) is 4.10. The minimum Gasteiger partial charge on any atom is -0.454 e. The SMILES string of the molecule is CCC[C@H](C(=O)c1ccc2c(c1)OCO2)N1CCCC1.Cl. The summed E-state index contributed by atoms with van der Waals surface area (Å²) in [5, 5.41) is 0. The summed E-state index contributed by atoms with van der Waals surface area (Å²) in [5.41, 5.74) is 0.736. The van der Waals surface area contributed by atoms with E-state index >= 15 is 0 Å². The molecule has 0 aliphatic carbocycles. The number of rotatable bonds is 5. The molecule has 0 unspecified atom stereocenters. The van der Waals surface area contributed by atoms with Crippen LogP contribution in [0.3, 0.4) is 0 Å². The topological polar surface area (TPSA) is 38.8 Å². The van der Waals surface area contributed by atoms with E-state index in [1.807, 2.05) is 18.2 Å². The van der Waals surface area contributed by atoms with Gasteiger partial charge in [-0.3, -0.25) is 9.69 Å². The Hall–Kier alpha value is -1.26. The summed E-state index contributed by atoms with van der Waals surface area (Å²) in [6.07, 6.45) is 4.36. The predicted molar refractivity (Wildman–Crippen MR) is 83.6 cm³/mol. The van der Waals surface area contributed by atoms with E-state index < -0.39 is 0 Å². The highest BCUT2D eigenvalue weighted by Gasteiger charge is 2.29. The highest BCUT2D eigenvalue weighted by atomic mass is 35.5. The molecule has 1 aromatic rings. The highest BCUT2D eigenvalue weighted by Crippen LogP contribution is 2.33. The van der Waals surface area contributed by atoms with Crippen LogP contribution in [0.15, 0.2) is 18.2 Å². The molecule has 1 aromatic carbocycles. The molecule has 0 spiro atoms. The maximum absolute atomic E-state index is 12.8. The molecule has 0 bridgehead atoms. The summed E-state index contributed by atoms with van der Waals surface area (Å²) in [5.74, 6) is 1.63. The van der Waals surface area contributed by atoms with Gasteiger partial charge in [0.2, 0.25) is 6.79 Å². The number of likely N-dealkylation sites (tertiary alicyclic amines) is 1. The van der Waals surface area contributed by atoms with E-state index in [9.17, 15) is 4.79 Å². The summed E-state index contributed by atoms with van der Waals surface area (Å²) in [4.78, 5) is 15.1. The third kappa shape index (κ3) is 3.33. The molecule has 21 heavy (non-hydrogen) atoms. The van der Waals surface area contributed by atoms with Crippen LogP contribution in [-0.4, -0.2) is 36.6 Å². The van der Waals surface area contributed by atoms with E-state index in [2.05, 4.69) is 11.8 Å². The average molecular weight is 312 g/mol. The van der Waals surface area contributed by atoms with Gasteiger partial charge in [0.05, 0.1) is 6.04 Å². The Bertz CT molecular complexity index is 500. The normalized spacial score (nSPS) is 18.3. The Morgan fingerprint density at radius 3 is 2.67 bits per heavy atom. The van der Waals surface area contributed by atoms with Crippen LogP contribution in [0, 0.1) is 0 Å². The fourth-order valence-electron chi connectivity index (χ4n) is 3.05. The van der Waals surface area contributed by atoms with Crippen molar-refractivity contribution in [2.24, 2.45) is 0 Å². The van der Waals surface area contributed by atoms with E-state index in [4.69, 9.17) is 9.47 Å². The van der Waals surface area contributed by atoms with Crippen molar-refractivity contribution in [3.63, 3.8) is 0 Å². The van der Waals surface area contributed by atoms with Crippen LogP contribution >= 0.6 is 12.4 Å². The minimum atomic E-state index is 0. The van der Waals surface area contributed by atoms with Gasteiger partial charge in [-0.25, -0.2) is 0 Å². The number of carbonyl (C=O) groups is 1. The lowest BCUT2D eigenvalue weighted by Gasteiger charge is -2.26. The molecular weight excluding hydrogens is 290 g/mol. The number of ketones is 1. The number of hydrogen-bond donors (Lipinski definition) is 0. The van der Waals surface area contributed by atoms with Crippen molar-refractivity contribution in [2.75, 3.05) is 19.9 Å².